The van der Waals surface area contributed by atoms with Gasteiger partial charge in [-0.05, 0) is 77.9 Å². The van der Waals surface area contributed by atoms with Crippen molar-refractivity contribution in [1.82, 2.24) is 0 Å². The third kappa shape index (κ3) is 9.32. The van der Waals surface area contributed by atoms with Crippen molar-refractivity contribution < 1.29 is 23.7 Å². The Hall–Kier alpha value is -3.10. The highest BCUT2D eigenvalue weighted by atomic mass is 31.1. The lowest BCUT2D eigenvalue weighted by Crippen LogP contribution is -2.35. The molecule has 0 amide bonds. The van der Waals surface area contributed by atoms with Crippen LogP contribution in [0.25, 0.3) is 0 Å². The van der Waals surface area contributed by atoms with E-state index in [0.717, 1.165) is 79.0 Å². The standard InChI is InChI=1S/C41H54O5P2/c1-40(2,3)46-29-19-9-8-10-20-31(30-48(38-27-17-15-25-36(38)44-6)39-28-18-16-26-37(39)45-7)41(47,32-21-11-13-23-34(32)42-4)33-22-12-14-24-35(33)43-5/h11-18,21-28,31H,8-10,19-20,29-30,47H2,1-7H3. The van der Waals surface area contributed by atoms with Gasteiger partial charge in [0, 0.05) is 33.5 Å². The normalized spacial score (nSPS) is 12.5. The zero-order valence-corrected chi connectivity index (χ0v) is 31.9. The highest BCUT2D eigenvalue weighted by molar-refractivity contribution is 7.73. The molecular weight excluding hydrogens is 634 g/mol. The molecule has 0 aliphatic carbocycles. The van der Waals surface area contributed by atoms with Crippen LogP contribution in [-0.2, 0) is 9.89 Å². The summed E-state index contributed by atoms with van der Waals surface area (Å²) in [4.78, 5) is 0. The minimum atomic E-state index is -0.925. The average Bonchev–Trinajstić information content (AvgIpc) is 3.11. The van der Waals surface area contributed by atoms with Crippen molar-refractivity contribution in [2.24, 2.45) is 5.92 Å². The first-order chi connectivity index (χ1) is 23.2. The second kappa shape index (κ2) is 18.1. The van der Waals surface area contributed by atoms with Gasteiger partial charge in [0.2, 0.25) is 0 Å². The summed E-state index contributed by atoms with van der Waals surface area (Å²) in [6.07, 6.45) is 6.29. The van der Waals surface area contributed by atoms with Crippen molar-refractivity contribution in [2.45, 2.75) is 63.6 Å². The van der Waals surface area contributed by atoms with Crippen LogP contribution in [0.1, 0.15) is 64.0 Å². The number of benzene rings is 4. The molecule has 4 aromatic rings. The van der Waals surface area contributed by atoms with Crippen molar-refractivity contribution in [1.29, 1.82) is 0 Å². The van der Waals surface area contributed by atoms with E-state index in [1.165, 1.54) is 10.6 Å². The van der Waals surface area contributed by atoms with E-state index in [1.54, 1.807) is 28.4 Å². The van der Waals surface area contributed by atoms with Crippen LogP contribution in [0.15, 0.2) is 97.1 Å². The van der Waals surface area contributed by atoms with Crippen molar-refractivity contribution in [3.8, 4) is 23.0 Å². The second-order valence-corrected chi connectivity index (χ2v) is 16.2. The van der Waals surface area contributed by atoms with Gasteiger partial charge in [0.15, 0.2) is 0 Å². The molecule has 7 heteroatoms. The van der Waals surface area contributed by atoms with Gasteiger partial charge in [-0.1, -0.05) is 92.1 Å². The SMILES string of the molecule is COc1ccccc1P(CC(CCCCCCOC(C)(C)C)C(P)(c1ccccc1OC)c1ccccc1OC)c1ccccc1OC. The largest absolute Gasteiger partial charge is 0.496 e. The fourth-order valence-corrected chi connectivity index (χ4v) is 10.4. The summed E-state index contributed by atoms with van der Waals surface area (Å²) in [6.45, 7) is 7.14. The number of unbranched alkanes of at least 4 members (excludes halogenated alkanes) is 3. The molecule has 0 N–H and O–H groups in total. The molecule has 0 saturated heterocycles. The molecule has 0 spiro atoms. The summed E-state index contributed by atoms with van der Waals surface area (Å²) in [5.74, 6) is 3.69. The van der Waals surface area contributed by atoms with Gasteiger partial charge in [-0.2, -0.15) is 0 Å². The molecular formula is C41H54O5P2. The summed E-state index contributed by atoms with van der Waals surface area (Å²) < 4.78 is 30.2. The van der Waals surface area contributed by atoms with Crippen LogP contribution in [0.2, 0.25) is 0 Å². The number of ether oxygens (including phenoxy) is 5. The molecule has 0 aromatic heterocycles. The van der Waals surface area contributed by atoms with E-state index in [-0.39, 0.29) is 11.5 Å². The summed E-state index contributed by atoms with van der Waals surface area (Å²) in [5, 5.41) is 1.88. The van der Waals surface area contributed by atoms with Crippen LogP contribution in [0.3, 0.4) is 0 Å². The number of rotatable bonds is 18. The maximum absolute atomic E-state index is 6.08. The predicted molar refractivity (Wildman–Crippen MR) is 206 cm³/mol. The minimum Gasteiger partial charge on any atom is -0.496 e. The van der Waals surface area contributed by atoms with E-state index in [4.69, 9.17) is 23.7 Å². The van der Waals surface area contributed by atoms with Crippen LogP contribution >= 0.6 is 17.2 Å². The van der Waals surface area contributed by atoms with Gasteiger partial charge in [0.1, 0.15) is 23.0 Å². The summed E-state index contributed by atoms with van der Waals surface area (Å²) in [6, 6.07) is 33.8. The third-order valence-electron chi connectivity index (χ3n) is 8.89. The first-order valence-electron chi connectivity index (χ1n) is 16.9. The van der Waals surface area contributed by atoms with Gasteiger partial charge < -0.3 is 23.7 Å². The fourth-order valence-electron chi connectivity index (χ4n) is 6.50. The van der Waals surface area contributed by atoms with Crippen LogP contribution in [-0.4, -0.2) is 46.8 Å². The van der Waals surface area contributed by atoms with Gasteiger partial charge in [0.25, 0.3) is 0 Å². The van der Waals surface area contributed by atoms with Gasteiger partial charge in [-0.15, -0.1) is 9.24 Å². The zero-order valence-electron chi connectivity index (χ0n) is 29.8. The fraction of sp³-hybridized carbons (Fsp3) is 0.415. The quantitative estimate of drug-likeness (QED) is 0.0771. The third-order valence-corrected chi connectivity index (χ3v) is 12.7. The van der Waals surface area contributed by atoms with Crippen LogP contribution in [0.5, 0.6) is 23.0 Å². The monoisotopic (exact) mass is 688 g/mol. The number of hydrogen-bond acceptors (Lipinski definition) is 5. The lowest BCUT2D eigenvalue weighted by molar-refractivity contribution is -0.00476. The zero-order chi connectivity index (χ0) is 34.6. The first kappa shape index (κ1) is 37.7. The van der Waals surface area contributed by atoms with Gasteiger partial charge in [0.05, 0.1) is 34.0 Å². The highest BCUT2D eigenvalue weighted by Gasteiger charge is 2.43. The Morgan fingerprint density at radius 3 is 1.44 bits per heavy atom. The van der Waals surface area contributed by atoms with Crippen LogP contribution < -0.4 is 29.6 Å². The van der Waals surface area contributed by atoms with Gasteiger partial charge in [-0.3, -0.25) is 0 Å². The lowest BCUT2D eigenvalue weighted by Gasteiger charge is -2.42. The Morgan fingerprint density at radius 2 is 0.979 bits per heavy atom. The molecule has 258 valence electrons. The van der Waals surface area contributed by atoms with Crippen molar-refractivity contribution >= 4 is 27.8 Å². The molecule has 48 heavy (non-hydrogen) atoms. The molecule has 0 aliphatic heterocycles. The van der Waals surface area contributed by atoms with E-state index in [0.29, 0.717) is 0 Å². The molecule has 0 heterocycles. The molecule has 2 unspecified atom stereocenters. The number of hydrogen-bond donors (Lipinski definition) is 0. The number of methoxy groups -OCH3 is 4. The molecule has 0 aliphatic rings. The Morgan fingerprint density at radius 1 is 0.562 bits per heavy atom. The van der Waals surface area contributed by atoms with Gasteiger partial charge >= 0.3 is 0 Å². The Bertz CT molecular complexity index is 1470. The molecule has 0 bridgehead atoms. The van der Waals surface area contributed by atoms with E-state index in [1.807, 2.05) is 24.3 Å². The first-order valence-corrected chi connectivity index (χ1v) is 19.0. The summed E-state index contributed by atoms with van der Waals surface area (Å²) >= 11 is 0. The topological polar surface area (TPSA) is 46.2 Å². The summed E-state index contributed by atoms with van der Waals surface area (Å²) in [7, 11) is 9.44. The molecule has 2 atom stereocenters. The Balaban J connectivity index is 1.86. The molecule has 0 saturated carbocycles. The number of para-hydroxylation sites is 4. The minimum absolute atomic E-state index is 0.109. The predicted octanol–water partition coefficient (Wildman–Crippen LogP) is 9.35. The van der Waals surface area contributed by atoms with Crippen LogP contribution in [0, 0.1) is 5.92 Å². The maximum Gasteiger partial charge on any atom is 0.126 e. The molecule has 5 nitrogen and oxygen atoms in total. The second-order valence-electron chi connectivity index (χ2n) is 13.1. The van der Waals surface area contributed by atoms with Crippen molar-refractivity contribution in [3.05, 3.63) is 108 Å². The highest BCUT2D eigenvalue weighted by Crippen LogP contribution is 2.56. The van der Waals surface area contributed by atoms with Crippen molar-refractivity contribution in [3.63, 3.8) is 0 Å². The van der Waals surface area contributed by atoms with E-state index >= 15 is 0 Å². The summed E-state index contributed by atoms with van der Waals surface area (Å²) in [5.41, 5.74) is 2.14. The van der Waals surface area contributed by atoms with Gasteiger partial charge in [-0.25, -0.2) is 0 Å². The van der Waals surface area contributed by atoms with E-state index < -0.39 is 13.1 Å². The molecule has 4 aromatic carbocycles. The van der Waals surface area contributed by atoms with Crippen LogP contribution in [0.4, 0.5) is 0 Å². The lowest BCUT2D eigenvalue weighted by atomic mass is 9.77. The molecule has 0 fully saturated rings. The van der Waals surface area contributed by atoms with Crippen molar-refractivity contribution in [2.75, 3.05) is 41.2 Å². The smallest absolute Gasteiger partial charge is 0.126 e. The molecule has 0 radical (unpaired) electrons. The average molecular weight is 689 g/mol. The Kier molecular flexibility index (Phi) is 14.2. The maximum atomic E-state index is 6.08. The van der Waals surface area contributed by atoms with E-state index in [2.05, 4.69) is 103 Å². The van der Waals surface area contributed by atoms with E-state index in [9.17, 15) is 0 Å². The Labute approximate surface area is 292 Å². The molecule has 4 rings (SSSR count).